The normalized spacial score (nSPS) is 29.9. The topological polar surface area (TPSA) is 87.0 Å². The number of hydrogen-bond donors (Lipinski definition) is 1. The zero-order valence-corrected chi connectivity index (χ0v) is 23.4. The van der Waals surface area contributed by atoms with Crippen molar-refractivity contribution in [1.82, 2.24) is 24.5 Å². The molecule has 3 aliphatic heterocycles. The minimum Gasteiger partial charge on any atom is -0.353 e. The highest BCUT2D eigenvalue weighted by atomic mass is 32.1. The Labute approximate surface area is 223 Å². The van der Waals surface area contributed by atoms with Gasteiger partial charge in [0, 0.05) is 56.1 Å². The standard InChI is InChI=1S/C28H41N5O3S/c1-17(2)22-9-8-18(3)12-25(35)33-15-20-13-21(23(33)6-5-7-24(34)30-22)16-31(14-20)27(36)26-19(4)29-28-32(26)10-11-37-28/h10-11,17-18,20-23H,5-9,12-16H2,1-4H3,(H,30,34)/t18-,20+,21+,22+,23+/m1/s1. The second kappa shape index (κ2) is 10.8. The van der Waals surface area contributed by atoms with Crippen molar-refractivity contribution in [1.29, 1.82) is 0 Å². The van der Waals surface area contributed by atoms with Gasteiger partial charge in [-0.25, -0.2) is 4.98 Å². The van der Waals surface area contributed by atoms with Crippen LogP contribution in [-0.2, 0) is 9.59 Å². The smallest absolute Gasteiger partial charge is 0.272 e. The van der Waals surface area contributed by atoms with Gasteiger partial charge in [0.25, 0.3) is 5.91 Å². The molecule has 1 N–H and O–H groups in total. The zero-order chi connectivity index (χ0) is 26.3. The number of rotatable bonds is 2. The number of aromatic nitrogens is 2. The molecule has 5 heterocycles. The maximum atomic E-state index is 13.7. The van der Waals surface area contributed by atoms with Crippen LogP contribution >= 0.6 is 11.3 Å². The number of nitrogens with one attached hydrogen (secondary N) is 1. The molecular weight excluding hydrogens is 486 g/mol. The number of thiazole rings is 1. The Morgan fingerprint density at radius 3 is 2.76 bits per heavy atom. The van der Waals surface area contributed by atoms with Gasteiger partial charge in [0.2, 0.25) is 11.8 Å². The number of fused-ring (bicyclic) bond motifs is 5. The number of amides is 3. The maximum absolute atomic E-state index is 13.7. The lowest BCUT2D eigenvalue weighted by atomic mass is 9.77. The quantitative estimate of drug-likeness (QED) is 0.636. The Bertz CT molecular complexity index is 1160. The van der Waals surface area contributed by atoms with Gasteiger partial charge in [-0.1, -0.05) is 20.8 Å². The maximum Gasteiger partial charge on any atom is 0.272 e. The van der Waals surface area contributed by atoms with Crippen LogP contribution in [0.4, 0.5) is 0 Å². The number of nitrogens with zero attached hydrogens (tertiary/aromatic N) is 4. The summed E-state index contributed by atoms with van der Waals surface area (Å²) in [5.74, 6) is 1.58. The summed E-state index contributed by atoms with van der Waals surface area (Å²) in [6.07, 6.45) is 7.41. The lowest BCUT2D eigenvalue weighted by Crippen LogP contribution is -2.60. The van der Waals surface area contributed by atoms with E-state index in [0.717, 1.165) is 42.8 Å². The molecule has 2 aromatic heterocycles. The van der Waals surface area contributed by atoms with Crippen LogP contribution in [0.3, 0.4) is 0 Å². The summed E-state index contributed by atoms with van der Waals surface area (Å²) < 4.78 is 1.91. The van der Waals surface area contributed by atoms with E-state index in [1.54, 1.807) is 0 Å². The van der Waals surface area contributed by atoms with Gasteiger partial charge < -0.3 is 15.1 Å². The summed E-state index contributed by atoms with van der Waals surface area (Å²) in [5, 5.41) is 5.22. The molecule has 0 aromatic carbocycles. The number of imidazole rings is 1. The van der Waals surface area contributed by atoms with Crippen molar-refractivity contribution in [3.63, 3.8) is 0 Å². The van der Waals surface area contributed by atoms with E-state index in [1.807, 2.05) is 27.8 Å². The first-order valence-electron chi connectivity index (χ1n) is 14.0. The van der Waals surface area contributed by atoms with E-state index in [1.165, 1.54) is 11.3 Å². The highest BCUT2D eigenvalue weighted by Crippen LogP contribution is 2.37. The van der Waals surface area contributed by atoms with Crippen molar-refractivity contribution >= 4 is 34.0 Å². The van der Waals surface area contributed by atoms with E-state index in [0.29, 0.717) is 44.1 Å². The van der Waals surface area contributed by atoms with Crippen LogP contribution < -0.4 is 5.32 Å². The molecular formula is C28H41N5O3S. The molecule has 8 nitrogen and oxygen atoms in total. The monoisotopic (exact) mass is 527 g/mol. The first-order chi connectivity index (χ1) is 17.7. The van der Waals surface area contributed by atoms with E-state index in [2.05, 4.69) is 36.0 Å². The van der Waals surface area contributed by atoms with Crippen LogP contribution in [0.2, 0.25) is 0 Å². The van der Waals surface area contributed by atoms with Crippen LogP contribution in [0, 0.1) is 30.6 Å². The van der Waals surface area contributed by atoms with Crippen molar-refractivity contribution in [2.24, 2.45) is 23.7 Å². The Morgan fingerprint density at radius 2 is 1.97 bits per heavy atom. The Balaban J connectivity index is 1.35. The fourth-order valence-electron chi connectivity index (χ4n) is 6.78. The molecule has 3 saturated heterocycles. The number of carbonyl (C=O) groups excluding carboxylic acids is 3. The van der Waals surface area contributed by atoms with Gasteiger partial charge in [-0.15, -0.1) is 11.3 Å². The van der Waals surface area contributed by atoms with Gasteiger partial charge in [-0.05, 0) is 62.7 Å². The van der Waals surface area contributed by atoms with Crippen LogP contribution in [0.5, 0.6) is 0 Å². The summed E-state index contributed by atoms with van der Waals surface area (Å²) in [4.78, 5) is 49.6. The fourth-order valence-corrected chi connectivity index (χ4v) is 7.54. The molecule has 2 aromatic rings. The second-order valence-electron chi connectivity index (χ2n) is 12.0. The molecule has 3 aliphatic rings. The lowest BCUT2D eigenvalue weighted by Gasteiger charge is -2.51. The summed E-state index contributed by atoms with van der Waals surface area (Å²) in [5.41, 5.74) is 1.43. The number of likely N-dealkylation sites (tertiary alicyclic amines) is 1. The van der Waals surface area contributed by atoms with Crippen LogP contribution in [0.1, 0.15) is 81.9 Å². The average Bonchev–Trinajstić information content (AvgIpc) is 3.41. The van der Waals surface area contributed by atoms with E-state index < -0.39 is 0 Å². The third-order valence-corrected chi connectivity index (χ3v) is 9.52. The SMILES string of the molecule is Cc1nc2sccn2c1C(=O)N1C[C@@H]2C[C@@H](C1)[C@@H]1CCCC(=O)N[C@H](C(C)C)CC[C@@H](C)CC(=O)N1C2. The summed E-state index contributed by atoms with van der Waals surface area (Å²) in [6, 6.07) is 0.238. The van der Waals surface area contributed by atoms with Crippen molar-refractivity contribution in [3.05, 3.63) is 23.0 Å². The molecule has 0 radical (unpaired) electrons. The molecule has 3 fully saturated rings. The minimum absolute atomic E-state index is 0.0373. The number of aryl methyl sites for hydroxylation is 1. The Morgan fingerprint density at radius 1 is 1.16 bits per heavy atom. The minimum atomic E-state index is 0.0373. The predicted molar refractivity (Wildman–Crippen MR) is 144 cm³/mol. The molecule has 0 spiro atoms. The highest BCUT2D eigenvalue weighted by molar-refractivity contribution is 7.15. The van der Waals surface area contributed by atoms with E-state index in [-0.39, 0.29) is 47.6 Å². The molecule has 0 saturated carbocycles. The predicted octanol–water partition coefficient (Wildman–Crippen LogP) is 4.12. The number of carbonyl (C=O) groups is 3. The fraction of sp³-hybridized carbons (Fsp3) is 0.714. The Hall–Kier alpha value is -2.42. The molecule has 202 valence electrons. The summed E-state index contributed by atoms with van der Waals surface area (Å²) in [7, 11) is 0. The van der Waals surface area contributed by atoms with Crippen molar-refractivity contribution in [3.8, 4) is 0 Å². The third-order valence-electron chi connectivity index (χ3n) is 8.76. The second-order valence-corrected chi connectivity index (χ2v) is 12.9. The first kappa shape index (κ1) is 26.2. The molecule has 5 rings (SSSR count). The Kier molecular flexibility index (Phi) is 7.61. The van der Waals surface area contributed by atoms with Crippen LogP contribution in [0.25, 0.3) is 4.96 Å². The van der Waals surface area contributed by atoms with Gasteiger partial charge in [0.1, 0.15) is 5.69 Å². The zero-order valence-electron chi connectivity index (χ0n) is 22.6. The van der Waals surface area contributed by atoms with Gasteiger partial charge in [-0.2, -0.15) is 0 Å². The third kappa shape index (κ3) is 5.42. The molecule has 2 bridgehead atoms. The van der Waals surface area contributed by atoms with Gasteiger partial charge in [0.05, 0.1) is 5.69 Å². The molecule has 37 heavy (non-hydrogen) atoms. The van der Waals surface area contributed by atoms with E-state index in [9.17, 15) is 14.4 Å². The van der Waals surface area contributed by atoms with Crippen molar-refractivity contribution in [2.75, 3.05) is 19.6 Å². The average molecular weight is 528 g/mol. The molecule has 0 unspecified atom stereocenters. The molecule has 3 amide bonds. The first-order valence-corrected chi connectivity index (χ1v) is 14.9. The van der Waals surface area contributed by atoms with Crippen molar-refractivity contribution in [2.45, 2.75) is 84.7 Å². The molecule has 9 heteroatoms. The van der Waals surface area contributed by atoms with Crippen LogP contribution in [0.15, 0.2) is 11.6 Å². The van der Waals surface area contributed by atoms with E-state index >= 15 is 0 Å². The van der Waals surface area contributed by atoms with Crippen molar-refractivity contribution < 1.29 is 14.4 Å². The van der Waals surface area contributed by atoms with Crippen LogP contribution in [-0.4, -0.2) is 68.6 Å². The largest absolute Gasteiger partial charge is 0.353 e. The summed E-state index contributed by atoms with van der Waals surface area (Å²) >= 11 is 1.54. The van der Waals surface area contributed by atoms with Gasteiger partial charge in [0.15, 0.2) is 4.96 Å². The molecule has 5 atom stereocenters. The van der Waals surface area contributed by atoms with Gasteiger partial charge in [-0.3, -0.25) is 18.8 Å². The van der Waals surface area contributed by atoms with E-state index in [4.69, 9.17) is 0 Å². The number of piperidine rings is 2. The highest BCUT2D eigenvalue weighted by Gasteiger charge is 2.44. The number of hydrogen-bond acceptors (Lipinski definition) is 5. The van der Waals surface area contributed by atoms with Gasteiger partial charge >= 0.3 is 0 Å². The molecule has 0 aliphatic carbocycles. The lowest BCUT2D eigenvalue weighted by molar-refractivity contribution is -0.141. The summed E-state index contributed by atoms with van der Waals surface area (Å²) in [6.45, 7) is 10.4.